The first-order valence-corrected chi connectivity index (χ1v) is 23.3. The van der Waals surface area contributed by atoms with Crippen LogP contribution in [0.15, 0.2) is 36.4 Å². The Morgan fingerprint density at radius 3 is 2.33 bits per heavy atom. The number of fused-ring (bicyclic) bond motifs is 3. The molecule has 16 heteroatoms. The summed E-state index contributed by atoms with van der Waals surface area (Å²) in [5.74, 6) is -1.03. The monoisotopic (exact) mass is 877 g/mol. The molecule has 2 aliphatic heterocycles. The third-order valence-corrected chi connectivity index (χ3v) is 13.8. The van der Waals surface area contributed by atoms with Crippen LogP contribution >= 0.6 is 0 Å². The van der Waals surface area contributed by atoms with E-state index in [1.807, 2.05) is 84.0 Å². The molecule has 1 aromatic heterocycles. The summed E-state index contributed by atoms with van der Waals surface area (Å²) in [4.78, 5) is 64.7. The van der Waals surface area contributed by atoms with Gasteiger partial charge in [-0.1, -0.05) is 53.7 Å². The fourth-order valence-electron chi connectivity index (χ4n) is 7.83. The highest BCUT2D eigenvalue weighted by molar-refractivity contribution is 7.91. The van der Waals surface area contributed by atoms with Crippen LogP contribution in [0.3, 0.4) is 0 Å². The zero-order chi connectivity index (χ0) is 45.7. The van der Waals surface area contributed by atoms with E-state index in [-0.39, 0.29) is 35.5 Å². The van der Waals surface area contributed by atoms with Crippen molar-refractivity contribution in [1.82, 2.24) is 25.2 Å². The van der Waals surface area contributed by atoms with Gasteiger partial charge in [0.15, 0.2) is 0 Å². The van der Waals surface area contributed by atoms with Gasteiger partial charge in [0.1, 0.15) is 40.9 Å². The molecule has 4 aliphatic rings. The quantitative estimate of drug-likeness (QED) is 0.227. The van der Waals surface area contributed by atoms with Gasteiger partial charge in [-0.2, -0.15) is 4.98 Å². The molecule has 2 saturated carbocycles. The zero-order valence-corrected chi connectivity index (χ0v) is 39.3. The van der Waals surface area contributed by atoms with Crippen LogP contribution in [-0.2, 0) is 29.1 Å². The summed E-state index contributed by atoms with van der Waals surface area (Å²) in [6.07, 6.45) is 5.46. The first kappa shape index (κ1) is 49.1. The Kier molecular flexibility index (Phi) is 15.8. The second-order valence-corrected chi connectivity index (χ2v) is 20.0. The summed E-state index contributed by atoms with van der Waals surface area (Å²) < 4.78 is 45.4. The summed E-state index contributed by atoms with van der Waals surface area (Å²) in [6, 6.07) is 5.21. The van der Waals surface area contributed by atoms with Gasteiger partial charge in [-0.25, -0.2) is 13.2 Å². The van der Waals surface area contributed by atoms with E-state index in [4.69, 9.17) is 19.2 Å². The zero-order valence-electron chi connectivity index (χ0n) is 38.5. The van der Waals surface area contributed by atoms with Gasteiger partial charge in [-0.15, -0.1) is 0 Å². The summed E-state index contributed by atoms with van der Waals surface area (Å²) in [5, 5.41) is 7.25. The van der Waals surface area contributed by atoms with Gasteiger partial charge >= 0.3 is 6.09 Å². The Hall–Kier alpha value is -4.60. The Balaban J connectivity index is 0.00000284. The summed E-state index contributed by atoms with van der Waals surface area (Å²) >= 11 is 0. The molecule has 61 heavy (non-hydrogen) atoms. The lowest BCUT2D eigenvalue weighted by atomic mass is 9.88. The van der Waals surface area contributed by atoms with Crippen molar-refractivity contribution in [3.8, 4) is 11.6 Å². The number of nitrogens with zero attached hydrogens (tertiary/aromatic N) is 3. The summed E-state index contributed by atoms with van der Waals surface area (Å²) in [6.45, 7) is 18.7. The summed E-state index contributed by atoms with van der Waals surface area (Å²) in [5.41, 5.74) is -2.37. The number of rotatable bonds is 8. The van der Waals surface area contributed by atoms with Crippen LogP contribution < -0.4 is 29.7 Å². The SMILES string of the molecule is CC.CC.COc1ccc2c(O[C@@H]3C[C@H]4C(=O)N[C@]5(C(=O)NS(=O)(=O)C6(C)CC6)C[C@H]5/C=C\CC[C@H](C)C[C@@H](C)[C@H](NC(=O)OC(C)(C)C)C(=O)N4C3)nc(N(C)C)cc2c1.[HH].[HH].[HH]. The molecule has 0 bridgehead atoms. The van der Waals surface area contributed by atoms with Crippen molar-refractivity contribution in [3.63, 3.8) is 0 Å². The maximum absolute atomic E-state index is 14.9. The van der Waals surface area contributed by atoms with Gasteiger partial charge in [-0.05, 0) is 108 Å². The van der Waals surface area contributed by atoms with Gasteiger partial charge in [0.2, 0.25) is 27.7 Å². The number of carbonyl (C=O) groups excluding carboxylic acids is 4. The average Bonchev–Trinajstić information content (AvgIpc) is 4.08. The number of hydrogen-bond donors (Lipinski definition) is 3. The van der Waals surface area contributed by atoms with Crippen molar-refractivity contribution in [2.24, 2.45) is 17.8 Å². The van der Waals surface area contributed by atoms with Crippen LogP contribution in [0.25, 0.3) is 10.8 Å². The molecule has 15 nitrogen and oxygen atoms in total. The predicted octanol–water partition coefficient (Wildman–Crippen LogP) is 7.23. The van der Waals surface area contributed by atoms with Crippen molar-refractivity contribution in [3.05, 3.63) is 36.4 Å². The minimum absolute atomic E-state index is 0. The Labute approximate surface area is 367 Å². The second-order valence-electron chi connectivity index (χ2n) is 17.9. The molecule has 4 amide bonds. The van der Waals surface area contributed by atoms with E-state index in [2.05, 4.69) is 22.3 Å². The number of anilines is 1. The van der Waals surface area contributed by atoms with Gasteiger partial charge in [0.25, 0.3) is 5.91 Å². The molecule has 0 radical (unpaired) electrons. The van der Waals surface area contributed by atoms with Crippen LogP contribution in [0.4, 0.5) is 10.6 Å². The number of pyridine rings is 1. The minimum Gasteiger partial charge on any atom is -0.497 e. The van der Waals surface area contributed by atoms with E-state index >= 15 is 0 Å². The molecule has 2 aliphatic carbocycles. The van der Waals surface area contributed by atoms with E-state index in [9.17, 15) is 27.6 Å². The van der Waals surface area contributed by atoms with Crippen molar-refractivity contribution < 1.29 is 46.1 Å². The molecular weight excluding hydrogens is 801 g/mol. The topological polar surface area (TPSA) is 186 Å². The third-order valence-electron chi connectivity index (χ3n) is 11.6. The molecule has 0 spiro atoms. The number of hydrogen-bond acceptors (Lipinski definition) is 11. The molecular formula is C45H76N6O9S. The van der Waals surface area contributed by atoms with Crippen molar-refractivity contribution in [1.29, 1.82) is 0 Å². The molecule has 0 unspecified atom stereocenters. The minimum atomic E-state index is -4.01. The van der Waals surface area contributed by atoms with E-state index in [0.29, 0.717) is 48.5 Å². The molecule has 1 saturated heterocycles. The average molecular weight is 877 g/mol. The lowest BCUT2D eigenvalue weighted by Gasteiger charge is -2.33. The Bertz CT molecular complexity index is 2060. The molecule has 3 fully saturated rings. The van der Waals surface area contributed by atoms with Crippen LogP contribution in [0.1, 0.15) is 118 Å². The maximum atomic E-state index is 14.9. The van der Waals surface area contributed by atoms with Crippen molar-refractivity contribution in [2.75, 3.05) is 32.6 Å². The molecule has 2 aromatic rings. The normalized spacial score (nSPS) is 27.7. The number of sulfonamides is 1. The lowest BCUT2D eigenvalue weighted by Crippen LogP contribution is -2.59. The number of ether oxygens (including phenoxy) is 3. The van der Waals surface area contributed by atoms with Gasteiger partial charge in [0.05, 0.1) is 18.4 Å². The first-order valence-electron chi connectivity index (χ1n) is 21.8. The van der Waals surface area contributed by atoms with E-state index in [1.54, 1.807) is 40.9 Å². The Morgan fingerprint density at radius 2 is 1.72 bits per heavy atom. The number of allylic oxidation sites excluding steroid dienone is 1. The van der Waals surface area contributed by atoms with Crippen LogP contribution in [0.5, 0.6) is 11.6 Å². The van der Waals surface area contributed by atoms with Gasteiger partial charge < -0.3 is 34.6 Å². The van der Waals surface area contributed by atoms with Crippen LogP contribution in [-0.4, -0.2) is 104 Å². The first-order chi connectivity index (χ1) is 28.6. The summed E-state index contributed by atoms with van der Waals surface area (Å²) in [7, 11) is 1.29. The van der Waals surface area contributed by atoms with Crippen LogP contribution in [0.2, 0.25) is 0 Å². The number of aromatic nitrogens is 1. The number of benzene rings is 1. The molecule has 346 valence electrons. The van der Waals surface area contributed by atoms with Gasteiger partial charge in [0, 0.05) is 36.1 Å². The highest BCUT2D eigenvalue weighted by Crippen LogP contribution is 2.47. The van der Waals surface area contributed by atoms with Gasteiger partial charge in [-0.3, -0.25) is 19.1 Å². The van der Waals surface area contributed by atoms with Crippen molar-refractivity contribution in [2.45, 2.75) is 148 Å². The van der Waals surface area contributed by atoms with E-state index in [0.717, 1.165) is 11.8 Å². The molecule has 3 N–H and O–H groups in total. The largest absolute Gasteiger partial charge is 0.497 e. The smallest absolute Gasteiger partial charge is 0.408 e. The standard InChI is InChI=1S/C41H58N6O9S.2C2H6.3H2/c1-24-12-10-11-13-27-22-41(27,37(50)45-57(52,53)40(6)16-17-40)44-34(48)31-21-29(23-47(31)36(49)33(25(2)18-24)43-38(51)56-39(3,4)5)55-35-30-15-14-28(54-9)19-26(30)20-32(42-35)46(7)8;2*1-2;;;/h11,13-15,19-20,24-25,27,29,31,33H,10,12,16-18,21-23H2,1-9H3,(H,43,51)(H,44,48)(H,45,50);2*1-2H3;3*1H/b13-11-;;;;;/t24-,25+,27+,29+,31-,33-,41+;;;;;/m0...../s1. The fraction of sp³-hybridized carbons (Fsp3) is 0.667. The number of amides is 4. The molecule has 1 aromatic carbocycles. The Morgan fingerprint density at radius 1 is 1.05 bits per heavy atom. The molecule has 3 heterocycles. The number of methoxy groups -OCH3 is 1. The molecule has 6 rings (SSSR count). The lowest BCUT2D eigenvalue weighted by molar-refractivity contribution is -0.142. The van der Waals surface area contributed by atoms with E-state index in [1.165, 1.54) is 4.90 Å². The van der Waals surface area contributed by atoms with Crippen molar-refractivity contribution >= 4 is 50.4 Å². The van der Waals surface area contributed by atoms with E-state index < -0.39 is 73.8 Å². The molecule has 7 atom stereocenters. The third kappa shape index (κ3) is 11.5. The highest BCUT2D eigenvalue weighted by atomic mass is 32.2. The predicted molar refractivity (Wildman–Crippen MR) is 244 cm³/mol. The highest BCUT2D eigenvalue weighted by Gasteiger charge is 2.63. The second kappa shape index (κ2) is 19.6. The number of nitrogens with one attached hydrogen (secondary N) is 3. The maximum Gasteiger partial charge on any atom is 0.408 e. The number of alkyl carbamates (subject to hydrolysis) is 1. The number of carbonyl (C=O) groups is 4. The van der Waals surface area contributed by atoms with Crippen LogP contribution in [0, 0.1) is 17.8 Å². The fourth-order valence-corrected chi connectivity index (χ4v) is 9.14.